The molecular formula is C24H41ClN4O5. The zero-order valence-electron chi connectivity index (χ0n) is 20.7. The van der Waals surface area contributed by atoms with E-state index in [0.29, 0.717) is 30.2 Å². The molecule has 9 nitrogen and oxygen atoms in total. The van der Waals surface area contributed by atoms with E-state index < -0.39 is 12.2 Å². The topological polar surface area (TPSA) is 89.0 Å². The molecule has 2 atom stereocenters. The van der Waals surface area contributed by atoms with Crippen molar-refractivity contribution in [3.63, 3.8) is 0 Å². The van der Waals surface area contributed by atoms with Crippen LogP contribution < -0.4 is 9.47 Å². The molecule has 0 radical (unpaired) electrons. The molecule has 34 heavy (non-hydrogen) atoms. The fourth-order valence-corrected chi connectivity index (χ4v) is 4.23. The van der Waals surface area contributed by atoms with Gasteiger partial charge in [-0.05, 0) is 33.2 Å². The standard InChI is InChI=1S/C24H40N4O5.ClH/c1-19(29)24-22(32-17-20(30)15-27-11-7-25(2)8-12-27)5-4-6-23(24)33-18-21(31)16-28-13-9-26(3)10-14-28;/h4-6,20-21,30-31H,7-18H2,1-3H3;1H. The zero-order valence-corrected chi connectivity index (χ0v) is 21.5. The molecule has 0 aliphatic carbocycles. The van der Waals surface area contributed by atoms with Crippen molar-refractivity contribution in [2.75, 3.05) is 92.8 Å². The molecule has 3 rings (SSSR count). The summed E-state index contributed by atoms with van der Waals surface area (Å²) in [5.74, 6) is 0.611. The van der Waals surface area contributed by atoms with Crippen molar-refractivity contribution >= 4 is 18.2 Å². The van der Waals surface area contributed by atoms with Gasteiger partial charge in [-0.25, -0.2) is 0 Å². The van der Waals surface area contributed by atoms with Crippen LogP contribution in [0, 0.1) is 0 Å². The van der Waals surface area contributed by atoms with E-state index >= 15 is 0 Å². The van der Waals surface area contributed by atoms with Crippen LogP contribution in [-0.2, 0) is 0 Å². The number of rotatable bonds is 11. The van der Waals surface area contributed by atoms with Gasteiger partial charge in [-0.1, -0.05) is 6.07 Å². The maximum Gasteiger partial charge on any atom is 0.167 e. The molecule has 0 aromatic heterocycles. The second-order valence-electron chi connectivity index (χ2n) is 9.32. The number of aliphatic hydroxyl groups excluding tert-OH is 2. The van der Waals surface area contributed by atoms with Crippen LogP contribution in [0.15, 0.2) is 18.2 Å². The Hall–Kier alpha value is -1.46. The maximum absolute atomic E-state index is 12.4. The SMILES string of the molecule is CC(=O)c1c(OCC(O)CN2CCN(C)CC2)cccc1OCC(O)CN1CCN(C)CC1.Cl. The van der Waals surface area contributed by atoms with Gasteiger partial charge >= 0.3 is 0 Å². The molecule has 10 heteroatoms. The number of ketones is 1. The van der Waals surface area contributed by atoms with E-state index in [1.54, 1.807) is 18.2 Å². The first kappa shape index (κ1) is 28.8. The highest BCUT2D eigenvalue weighted by Gasteiger charge is 2.21. The first-order valence-corrected chi connectivity index (χ1v) is 11.9. The number of carbonyl (C=O) groups excluding carboxylic acids is 1. The number of hydrogen-bond acceptors (Lipinski definition) is 9. The van der Waals surface area contributed by atoms with Crippen LogP contribution in [0.4, 0.5) is 0 Å². The number of piperazine rings is 2. The van der Waals surface area contributed by atoms with E-state index in [0.717, 1.165) is 52.4 Å². The van der Waals surface area contributed by atoms with Crippen molar-refractivity contribution in [3.05, 3.63) is 23.8 Å². The number of carbonyl (C=O) groups is 1. The maximum atomic E-state index is 12.4. The summed E-state index contributed by atoms with van der Waals surface area (Å²) in [5.41, 5.74) is 0.344. The van der Waals surface area contributed by atoms with Crippen molar-refractivity contribution in [2.24, 2.45) is 0 Å². The molecule has 194 valence electrons. The second-order valence-corrected chi connectivity index (χ2v) is 9.32. The van der Waals surface area contributed by atoms with Gasteiger partial charge in [-0.2, -0.15) is 0 Å². The average Bonchev–Trinajstić information content (AvgIpc) is 2.79. The van der Waals surface area contributed by atoms with Gasteiger partial charge < -0.3 is 29.5 Å². The van der Waals surface area contributed by atoms with Gasteiger partial charge in [0.2, 0.25) is 0 Å². The quantitative estimate of drug-likeness (QED) is 0.416. The van der Waals surface area contributed by atoms with Crippen LogP contribution in [0.1, 0.15) is 17.3 Å². The lowest BCUT2D eigenvalue weighted by Gasteiger charge is -2.33. The van der Waals surface area contributed by atoms with Crippen molar-refractivity contribution in [3.8, 4) is 11.5 Å². The van der Waals surface area contributed by atoms with Gasteiger partial charge in [0.05, 0.1) is 0 Å². The summed E-state index contributed by atoms with van der Waals surface area (Å²) in [7, 11) is 4.20. The Kier molecular flexibility index (Phi) is 12.0. The molecular weight excluding hydrogens is 460 g/mol. The highest BCUT2D eigenvalue weighted by molar-refractivity contribution is 5.99. The number of Topliss-reactive ketones (excluding diaryl/α,β-unsaturated/α-hetero) is 1. The number of hydrogen-bond donors (Lipinski definition) is 2. The van der Waals surface area contributed by atoms with Gasteiger partial charge in [0, 0.05) is 65.4 Å². The Bertz CT molecular complexity index is 703. The van der Waals surface area contributed by atoms with Crippen LogP contribution in [0.5, 0.6) is 11.5 Å². The monoisotopic (exact) mass is 500 g/mol. The van der Waals surface area contributed by atoms with E-state index in [1.807, 2.05) is 0 Å². The second kappa shape index (κ2) is 14.2. The predicted octanol–water partition coefficient (Wildman–Crippen LogP) is 0.285. The normalized spacial score (nSPS) is 20.4. The van der Waals surface area contributed by atoms with Crippen LogP contribution >= 0.6 is 12.4 Å². The Morgan fingerprint density at radius 2 is 1.21 bits per heavy atom. The summed E-state index contributed by atoms with van der Waals surface area (Å²) in [6.45, 7) is 10.4. The fourth-order valence-electron chi connectivity index (χ4n) is 4.23. The molecule has 2 saturated heterocycles. The predicted molar refractivity (Wildman–Crippen MR) is 135 cm³/mol. The highest BCUT2D eigenvalue weighted by atomic mass is 35.5. The third-order valence-electron chi connectivity index (χ3n) is 6.33. The molecule has 2 heterocycles. The molecule has 2 aliphatic rings. The van der Waals surface area contributed by atoms with Crippen LogP contribution in [0.25, 0.3) is 0 Å². The minimum atomic E-state index is -0.650. The lowest BCUT2D eigenvalue weighted by Crippen LogP contribution is -2.47. The third-order valence-corrected chi connectivity index (χ3v) is 6.33. The lowest BCUT2D eigenvalue weighted by molar-refractivity contribution is 0.0479. The Morgan fingerprint density at radius 1 is 0.824 bits per heavy atom. The van der Waals surface area contributed by atoms with E-state index in [9.17, 15) is 15.0 Å². The van der Waals surface area contributed by atoms with Crippen molar-refractivity contribution in [1.29, 1.82) is 0 Å². The first-order chi connectivity index (χ1) is 15.8. The summed E-state index contributed by atoms with van der Waals surface area (Å²) in [6.07, 6.45) is -1.30. The van der Waals surface area contributed by atoms with Gasteiger partial charge in [0.15, 0.2) is 5.78 Å². The van der Waals surface area contributed by atoms with Gasteiger partial charge in [0.25, 0.3) is 0 Å². The van der Waals surface area contributed by atoms with Crippen LogP contribution in [0.3, 0.4) is 0 Å². The number of ether oxygens (including phenoxy) is 2. The van der Waals surface area contributed by atoms with E-state index in [-0.39, 0.29) is 31.4 Å². The molecule has 1 aromatic carbocycles. The molecule has 2 aliphatic heterocycles. The number of benzene rings is 1. The molecule has 0 amide bonds. The van der Waals surface area contributed by atoms with Crippen LogP contribution in [-0.4, -0.2) is 141 Å². The molecule has 0 bridgehead atoms. The summed E-state index contributed by atoms with van der Waals surface area (Å²) in [6, 6.07) is 5.19. The van der Waals surface area contributed by atoms with E-state index in [1.165, 1.54) is 6.92 Å². The number of halogens is 1. The molecule has 2 N–H and O–H groups in total. The number of aliphatic hydroxyl groups is 2. The van der Waals surface area contributed by atoms with E-state index in [2.05, 4.69) is 33.7 Å². The number of nitrogens with zero attached hydrogens (tertiary/aromatic N) is 4. The van der Waals surface area contributed by atoms with E-state index in [4.69, 9.17) is 9.47 Å². The minimum absolute atomic E-state index is 0. The first-order valence-electron chi connectivity index (χ1n) is 11.9. The third kappa shape index (κ3) is 8.96. The van der Waals surface area contributed by atoms with Crippen LogP contribution in [0.2, 0.25) is 0 Å². The molecule has 0 spiro atoms. The summed E-state index contributed by atoms with van der Waals surface area (Å²) >= 11 is 0. The Balaban J connectivity index is 0.00000408. The molecule has 1 aromatic rings. The summed E-state index contributed by atoms with van der Waals surface area (Å²) in [4.78, 5) is 21.3. The summed E-state index contributed by atoms with van der Waals surface area (Å²) < 4.78 is 11.7. The number of likely N-dealkylation sites (N-methyl/N-ethyl adjacent to an activating group) is 2. The smallest absolute Gasteiger partial charge is 0.167 e. The fraction of sp³-hybridized carbons (Fsp3) is 0.708. The Morgan fingerprint density at radius 3 is 1.56 bits per heavy atom. The summed E-state index contributed by atoms with van der Waals surface area (Å²) in [5, 5.41) is 20.9. The Labute approximate surface area is 209 Å². The zero-order chi connectivity index (χ0) is 23.8. The average molecular weight is 501 g/mol. The largest absolute Gasteiger partial charge is 0.490 e. The highest BCUT2D eigenvalue weighted by Crippen LogP contribution is 2.29. The van der Waals surface area contributed by atoms with Crippen molar-refractivity contribution in [1.82, 2.24) is 19.6 Å². The van der Waals surface area contributed by atoms with Crippen molar-refractivity contribution in [2.45, 2.75) is 19.1 Å². The molecule has 2 unspecified atom stereocenters. The number of β-amino-alcohol motifs (C(OH)–C–C–N with tert-alkyl or cyclic N) is 2. The van der Waals surface area contributed by atoms with Gasteiger partial charge in [0.1, 0.15) is 42.5 Å². The van der Waals surface area contributed by atoms with Crippen molar-refractivity contribution < 1.29 is 24.5 Å². The minimum Gasteiger partial charge on any atom is -0.490 e. The van der Waals surface area contributed by atoms with Gasteiger partial charge in [-0.15, -0.1) is 12.4 Å². The molecule has 0 saturated carbocycles. The lowest BCUT2D eigenvalue weighted by atomic mass is 10.1. The van der Waals surface area contributed by atoms with Gasteiger partial charge in [-0.3, -0.25) is 14.6 Å². The molecule has 2 fully saturated rings.